The third-order valence-corrected chi connectivity index (χ3v) is 5.98. The molecule has 0 spiro atoms. The molecule has 164 valence electrons. The summed E-state index contributed by atoms with van der Waals surface area (Å²) in [6.07, 6.45) is 7.03. The molecule has 0 amide bonds. The Morgan fingerprint density at radius 3 is 2.16 bits per heavy atom. The third kappa shape index (κ3) is 4.36. The summed E-state index contributed by atoms with van der Waals surface area (Å²) < 4.78 is 48.7. The summed E-state index contributed by atoms with van der Waals surface area (Å²) in [6.45, 7) is 5.81. The summed E-state index contributed by atoms with van der Waals surface area (Å²) in [5.41, 5.74) is 3.85. The van der Waals surface area contributed by atoms with Crippen LogP contribution in [-0.4, -0.2) is 6.61 Å². The van der Waals surface area contributed by atoms with Gasteiger partial charge in [-0.1, -0.05) is 48.6 Å². The molecule has 4 rings (SSSR count). The van der Waals surface area contributed by atoms with Gasteiger partial charge in [-0.25, -0.2) is 8.78 Å². The molecule has 1 aliphatic rings. The van der Waals surface area contributed by atoms with E-state index in [0.717, 1.165) is 30.4 Å². The van der Waals surface area contributed by atoms with Gasteiger partial charge in [0.2, 0.25) is 5.82 Å². The van der Waals surface area contributed by atoms with Crippen LogP contribution in [0.2, 0.25) is 0 Å². The zero-order chi connectivity index (χ0) is 22.7. The molecule has 32 heavy (non-hydrogen) atoms. The second-order valence-corrected chi connectivity index (χ2v) is 7.94. The number of rotatable bonds is 6. The minimum atomic E-state index is -1.01. The van der Waals surface area contributed by atoms with Crippen molar-refractivity contribution in [3.63, 3.8) is 0 Å². The Bertz CT molecular complexity index is 1160. The molecule has 0 saturated heterocycles. The first-order valence-electron chi connectivity index (χ1n) is 10.8. The van der Waals surface area contributed by atoms with E-state index in [-0.39, 0.29) is 23.7 Å². The maximum atomic E-state index is 14.9. The van der Waals surface area contributed by atoms with Crippen LogP contribution in [-0.2, 0) is 0 Å². The largest absolute Gasteiger partial charge is 0.491 e. The number of hydrogen-bond acceptors (Lipinski definition) is 1. The molecule has 1 atom stereocenters. The zero-order valence-corrected chi connectivity index (χ0v) is 18.0. The first-order chi connectivity index (χ1) is 15.5. The first-order valence-corrected chi connectivity index (χ1v) is 10.8. The molecule has 0 N–H and O–H groups in total. The van der Waals surface area contributed by atoms with Crippen LogP contribution < -0.4 is 4.74 Å². The molecule has 0 fully saturated rings. The van der Waals surface area contributed by atoms with Crippen molar-refractivity contribution in [2.75, 3.05) is 6.61 Å². The molecule has 1 aliphatic carbocycles. The van der Waals surface area contributed by atoms with Gasteiger partial charge in [0.05, 0.1) is 6.61 Å². The minimum absolute atomic E-state index is 0.111. The van der Waals surface area contributed by atoms with Crippen LogP contribution >= 0.6 is 0 Å². The highest BCUT2D eigenvalue weighted by Gasteiger charge is 2.17. The molecule has 0 aliphatic heterocycles. The fourth-order valence-electron chi connectivity index (χ4n) is 4.13. The number of allylic oxidation sites excluding steroid dienone is 3. The molecule has 0 aromatic heterocycles. The van der Waals surface area contributed by atoms with Crippen LogP contribution in [0.15, 0.2) is 73.3 Å². The van der Waals surface area contributed by atoms with Crippen molar-refractivity contribution < 1.29 is 17.9 Å². The second-order valence-electron chi connectivity index (χ2n) is 7.94. The van der Waals surface area contributed by atoms with E-state index in [9.17, 15) is 13.2 Å². The Labute approximate surface area is 186 Å². The van der Waals surface area contributed by atoms with Gasteiger partial charge in [-0.15, -0.1) is 6.58 Å². The smallest absolute Gasteiger partial charge is 0.201 e. The van der Waals surface area contributed by atoms with Gasteiger partial charge in [0.25, 0.3) is 0 Å². The summed E-state index contributed by atoms with van der Waals surface area (Å²) in [5.74, 6) is -1.89. The van der Waals surface area contributed by atoms with Crippen molar-refractivity contribution >= 4 is 5.57 Å². The Morgan fingerprint density at radius 1 is 0.906 bits per heavy atom. The van der Waals surface area contributed by atoms with Crippen molar-refractivity contribution in [2.24, 2.45) is 5.92 Å². The summed E-state index contributed by atoms with van der Waals surface area (Å²) >= 11 is 0. The minimum Gasteiger partial charge on any atom is -0.491 e. The highest BCUT2D eigenvalue weighted by molar-refractivity contribution is 5.74. The fourth-order valence-corrected chi connectivity index (χ4v) is 4.13. The van der Waals surface area contributed by atoms with E-state index in [1.807, 2.05) is 12.1 Å². The SMILES string of the molecule is C=CC1CC=C(c2ccc(-c3ccc(-c4ccc(OCC)c(F)c4F)cc3)c(F)c2)CC1. The molecule has 1 unspecified atom stereocenters. The van der Waals surface area contributed by atoms with Crippen molar-refractivity contribution in [1.82, 2.24) is 0 Å². The van der Waals surface area contributed by atoms with Crippen molar-refractivity contribution in [3.05, 3.63) is 96.3 Å². The number of hydrogen-bond donors (Lipinski definition) is 0. The normalized spacial score (nSPS) is 15.9. The molecule has 3 aromatic carbocycles. The molecule has 0 bridgehead atoms. The Morgan fingerprint density at radius 2 is 1.56 bits per heavy atom. The Kier molecular flexibility index (Phi) is 6.50. The lowest BCUT2D eigenvalue weighted by atomic mass is 9.86. The molecular weight excluding hydrogens is 409 g/mol. The van der Waals surface area contributed by atoms with Crippen LogP contribution in [0.25, 0.3) is 27.8 Å². The van der Waals surface area contributed by atoms with E-state index in [1.165, 1.54) is 12.1 Å². The lowest BCUT2D eigenvalue weighted by Crippen LogP contribution is -2.02. The van der Waals surface area contributed by atoms with Gasteiger partial charge >= 0.3 is 0 Å². The molecule has 3 aromatic rings. The van der Waals surface area contributed by atoms with E-state index in [2.05, 4.69) is 12.7 Å². The van der Waals surface area contributed by atoms with Gasteiger partial charge in [-0.05, 0) is 72.6 Å². The summed E-state index contributed by atoms with van der Waals surface area (Å²) in [7, 11) is 0. The van der Waals surface area contributed by atoms with Crippen LogP contribution in [0.3, 0.4) is 0 Å². The molecule has 4 heteroatoms. The van der Waals surface area contributed by atoms with Crippen molar-refractivity contribution in [3.8, 4) is 28.0 Å². The van der Waals surface area contributed by atoms with Crippen LogP contribution in [0.4, 0.5) is 13.2 Å². The van der Waals surface area contributed by atoms with E-state index in [1.54, 1.807) is 43.3 Å². The maximum Gasteiger partial charge on any atom is 0.201 e. The van der Waals surface area contributed by atoms with E-state index >= 15 is 0 Å². The zero-order valence-electron chi connectivity index (χ0n) is 18.0. The van der Waals surface area contributed by atoms with Gasteiger partial charge in [0, 0.05) is 11.1 Å². The maximum absolute atomic E-state index is 14.9. The van der Waals surface area contributed by atoms with E-state index in [0.29, 0.717) is 22.6 Å². The summed E-state index contributed by atoms with van der Waals surface area (Å²) in [5, 5.41) is 0. The Hall–Kier alpha value is -3.27. The fraction of sp³-hybridized carbons (Fsp3) is 0.214. The van der Waals surface area contributed by atoms with Gasteiger partial charge in [0.15, 0.2) is 11.6 Å². The summed E-state index contributed by atoms with van der Waals surface area (Å²) in [4.78, 5) is 0. The molecule has 1 nitrogen and oxygen atoms in total. The van der Waals surface area contributed by atoms with Crippen LogP contribution in [0, 0.1) is 23.4 Å². The summed E-state index contributed by atoms with van der Waals surface area (Å²) in [6, 6.07) is 15.0. The van der Waals surface area contributed by atoms with Crippen LogP contribution in [0.1, 0.15) is 31.7 Å². The predicted octanol–water partition coefficient (Wildman–Crippen LogP) is 8.21. The molecule has 0 saturated carbocycles. The van der Waals surface area contributed by atoms with Gasteiger partial charge < -0.3 is 4.74 Å². The van der Waals surface area contributed by atoms with Gasteiger partial charge in [0.1, 0.15) is 5.82 Å². The standard InChI is InChI=1S/C28H25F3O/c1-3-18-5-7-19(8-6-18)22-13-14-23(25(29)17-22)20-9-11-21(12-10-20)24-15-16-26(32-4-2)28(31)27(24)30/h3,7,9-18H,1,4-6,8H2,2H3. The monoisotopic (exact) mass is 434 g/mol. The lowest BCUT2D eigenvalue weighted by Gasteiger charge is -2.19. The average molecular weight is 435 g/mol. The van der Waals surface area contributed by atoms with Crippen molar-refractivity contribution in [2.45, 2.75) is 26.2 Å². The number of benzene rings is 3. The predicted molar refractivity (Wildman–Crippen MR) is 124 cm³/mol. The molecule has 0 heterocycles. The molecular formula is C28H25F3O. The highest BCUT2D eigenvalue weighted by Crippen LogP contribution is 2.34. The third-order valence-electron chi connectivity index (χ3n) is 5.98. The van der Waals surface area contributed by atoms with Crippen LogP contribution in [0.5, 0.6) is 5.75 Å². The number of halogens is 3. The van der Waals surface area contributed by atoms with Gasteiger partial charge in [-0.2, -0.15) is 4.39 Å². The highest BCUT2D eigenvalue weighted by atomic mass is 19.2. The first kappa shape index (κ1) is 21.9. The topological polar surface area (TPSA) is 9.23 Å². The molecule has 0 radical (unpaired) electrons. The van der Waals surface area contributed by atoms with E-state index in [4.69, 9.17) is 4.74 Å². The number of ether oxygens (including phenoxy) is 1. The Balaban J connectivity index is 1.58. The second kappa shape index (κ2) is 9.47. The van der Waals surface area contributed by atoms with Crippen molar-refractivity contribution in [1.29, 1.82) is 0 Å². The average Bonchev–Trinajstić information content (AvgIpc) is 2.82. The van der Waals surface area contributed by atoms with E-state index < -0.39 is 11.6 Å². The lowest BCUT2D eigenvalue weighted by molar-refractivity contribution is 0.314. The van der Waals surface area contributed by atoms with Gasteiger partial charge in [-0.3, -0.25) is 0 Å². The quantitative estimate of drug-likeness (QED) is 0.355.